The van der Waals surface area contributed by atoms with Crippen LogP contribution in [0.4, 0.5) is 4.79 Å². The summed E-state index contributed by atoms with van der Waals surface area (Å²) in [7, 11) is 3.25. The molecule has 1 heterocycles. The van der Waals surface area contributed by atoms with Gasteiger partial charge in [-0.3, -0.25) is 0 Å². The van der Waals surface area contributed by atoms with Crippen LogP contribution < -0.4 is 14.8 Å². The Balaban J connectivity index is 2.22. The molecule has 2 rings (SSSR count). The summed E-state index contributed by atoms with van der Waals surface area (Å²) in [6.07, 6.45) is 0.840. The highest BCUT2D eigenvalue weighted by Gasteiger charge is 2.22. The number of urea groups is 1. The van der Waals surface area contributed by atoms with Crippen molar-refractivity contribution in [2.24, 2.45) is 0 Å². The van der Waals surface area contributed by atoms with Gasteiger partial charge >= 0.3 is 6.03 Å². The Morgan fingerprint density at radius 3 is 2.47 bits per heavy atom. The van der Waals surface area contributed by atoms with Gasteiger partial charge in [0.2, 0.25) is 0 Å². The summed E-state index contributed by atoms with van der Waals surface area (Å²) in [4.78, 5) is 13.7. The van der Waals surface area contributed by atoms with Crippen molar-refractivity contribution in [3.63, 3.8) is 0 Å². The molecule has 1 aliphatic rings. The number of amides is 2. The van der Waals surface area contributed by atoms with Gasteiger partial charge in [0, 0.05) is 19.6 Å². The Labute approximate surface area is 113 Å². The Morgan fingerprint density at radius 1 is 1.26 bits per heavy atom. The number of benzene rings is 1. The first kappa shape index (κ1) is 13.5. The van der Waals surface area contributed by atoms with E-state index in [1.165, 1.54) is 5.56 Å². The topological polar surface area (TPSA) is 50.8 Å². The lowest BCUT2D eigenvalue weighted by Gasteiger charge is -2.29. The molecule has 0 saturated carbocycles. The van der Waals surface area contributed by atoms with Crippen LogP contribution in [0.2, 0.25) is 0 Å². The first-order chi connectivity index (χ1) is 9.19. The maximum Gasteiger partial charge on any atom is 0.317 e. The molecule has 1 aliphatic heterocycles. The van der Waals surface area contributed by atoms with E-state index in [4.69, 9.17) is 9.47 Å². The van der Waals surface area contributed by atoms with Gasteiger partial charge in [0.1, 0.15) is 0 Å². The zero-order chi connectivity index (χ0) is 13.8. The monoisotopic (exact) mass is 264 g/mol. The van der Waals surface area contributed by atoms with Crippen molar-refractivity contribution in [1.82, 2.24) is 10.2 Å². The van der Waals surface area contributed by atoms with Crippen LogP contribution in [-0.4, -0.2) is 38.2 Å². The van der Waals surface area contributed by atoms with Crippen molar-refractivity contribution in [3.05, 3.63) is 23.3 Å². The number of hydrogen-bond acceptors (Lipinski definition) is 3. The van der Waals surface area contributed by atoms with Crippen LogP contribution in [0.15, 0.2) is 12.1 Å². The largest absolute Gasteiger partial charge is 0.493 e. The van der Waals surface area contributed by atoms with Crippen LogP contribution in [0, 0.1) is 0 Å². The van der Waals surface area contributed by atoms with E-state index in [2.05, 4.69) is 5.32 Å². The number of methoxy groups -OCH3 is 2. The van der Waals surface area contributed by atoms with Crippen LogP contribution in [0.3, 0.4) is 0 Å². The third-order valence-electron chi connectivity index (χ3n) is 3.33. The number of carbonyl (C=O) groups excluding carboxylic acids is 1. The molecule has 0 atom stereocenters. The zero-order valence-corrected chi connectivity index (χ0v) is 11.7. The van der Waals surface area contributed by atoms with Crippen molar-refractivity contribution in [1.29, 1.82) is 0 Å². The number of nitrogens with zero attached hydrogens (tertiary/aromatic N) is 1. The molecule has 19 heavy (non-hydrogen) atoms. The molecule has 1 N–H and O–H groups in total. The fourth-order valence-corrected chi connectivity index (χ4v) is 2.32. The van der Waals surface area contributed by atoms with E-state index in [-0.39, 0.29) is 6.03 Å². The Bertz CT molecular complexity index is 474. The molecule has 0 bridgehead atoms. The summed E-state index contributed by atoms with van der Waals surface area (Å²) in [5.41, 5.74) is 2.34. The Kier molecular flexibility index (Phi) is 4.14. The van der Waals surface area contributed by atoms with Gasteiger partial charge in [-0.1, -0.05) is 0 Å². The number of ether oxygens (including phenoxy) is 2. The van der Waals surface area contributed by atoms with E-state index >= 15 is 0 Å². The first-order valence-corrected chi connectivity index (χ1v) is 6.46. The fraction of sp³-hybridized carbons (Fsp3) is 0.500. The SMILES string of the molecule is CCNC(=O)N1CCc2cc(OC)c(OC)cc2C1. The second-order valence-corrected chi connectivity index (χ2v) is 4.48. The summed E-state index contributed by atoms with van der Waals surface area (Å²) in [5.74, 6) is 1.45. The van der Waals surface area contributed by atoms with Crippen LogP contribution in [-0.2, 0) is 13.0 Å². The second-order valence-electron chi connectivity index (χ2n) is 4.48. The fourth-order valence-electron chi connectivity index (χ4n) is 2.32. The van der Waals surface area contributed by atoms with Crippen LogP contribution in [0.1, 0.15) is 18.1 Å². The van der Waals surface area contributed by atoms with Crippen LogP contribution in [0.25, 0.3) is 0 Å². The van der Waals surface area contributed by atoms with Gasteiger partial charge in [-0.05, 0) is 36.6 Å². The molecule has 0 spiro atoms. The maximum atomic E-state index is 11.8. The molecule has 0 unspecified atom stereocenters. The predicted molar refractivity (Wildman–Crippen MR) is 72.7 cm³/mol. The number of nitrogens with one attached hydrogen (secondary N) is 1. The third kappa shape index (κ3) is 2.75. The third-order valence-corrected chi connectivity index (χ3v) is 3.33. The molecule has 1 aromatic rings. The highest BCUT2D eigenvalue weighted by molar-refractivity contribution is 5.74. The van der Waals surface area contributed by atoms with Crippen LogP contribution in [0.5, 0.6) is 11.5 Å². The van der Waals surface area contributed by atoms with Gasteiger partial charge in [0.05, 0.1) is 14.2 Å². The highest BCUT2D eigenvalue weighted by atomic mass is 16.5. The number of hydrogen-bond donors (Lipinski definition) is 1. The Hall–Kier alpha value is -1.91. The predicted octanol–water partition coefficient (Wildman–Crippen LogP) is 1.79. The lowest BCUT2D eigenvalue weighted by atomic mass is 9.99. The van der Waals surface area contributed by atoms with Gasteiger partial charge < -0.3 is 19.7 Å². The molecule has 2 amide bonds. The molecule has 0 aliphatic carbocycles. The maximum absolute atomic E-state index is 11.8. The van der Waals surface area contributed by atoms with E-state index in [1.807, 2.05) is 24.0 Å². The summed E-state index contributed by atoms with van der Waals surface area (Å²) in [5, 5.41) is 2.83. The van der Waals surface area contributed by atoms with Crippen molar-refractivity contribution in [2.45, 2.75) is 19.9 Å². The van der Waals surface area contributed by atoms with Crippen molar-refractivity contribution in [3.8, 4) is 11.5 Å². The molecule has 104 valence electrons. The minimum absolute atomic E-state index is 0.0112. The van der Waals surface area contributed by atoms with Crippen molar-refractivity contribution < 1.29 is 14.3 Å². The molecule has 0 aromatic heterocycles. The number of rotatable bonds is 3. The molecule has 1 aromatic carbocycles. The first-order valence-electron chi connectivity index (χ1n) is 6.46. The second kappa shape index (κ2) is 5.82. The molecule has 5 heteroatoms. The summed E-state index contributed by atoms with van der Waals surface area (Å²) < 4.78 is 10.6. The van der Waals surface area contributed by atoms with E-state index in [0.717, 1.165) is 24.3 Å². The van der Waals surface area contributed by atoms with Crippen molar-refractivity contribution in [2.75, 3.05) is 27.3 Å². The average molecular weight is 264 g/mol. The summed E-state index contributed by atoms with van der Waals surface area (Å²) in [6, 6.07) is 3.95. The molecular formula is C14H20N2O3. The quantitative estimate of drug-likeness (QED) is 0.905. The molecule has 0 radical (unpaired) electrons. The summed E-state index contributed by atoms with van der Waals surface area (Å²) in [6.45, 7) is 3.91. The minimum Gasteiger partial charge on any atom is -0.493 e. The molecule has 5 nitrogen and oxygen atoms in total. The van der Waals surface area contributed by atoms with E-state index in [0.29, 0.717) is 18.8 Å². The van der Waals surface area contributed by atoms with Crippen LogP contribution >= 0.6 is 0 Å². The summed E-state index contributed by atoms with van der Waals surface area (Å²) >= 11 is 0. The smallest absolute Gasteiger partial charge is 0.317 e. The normalized spacial score (nSPS) is 13.7. The lowest BCUT2D eigenvalue weighted by Crippen LogP contribution is -2.42. The number of fused-ring (bicyclic) bond motifs is 1. The molecule has 0 saturated heterocycles. The lowest BCUT2D eigenvalue weighted by molar-refractivity contribution is 0.193. The highest BCUT2D eigenvalue weighted by Crippen LogP contribution is 2.33. The van der Waals surface area contributed by atoms with Gasteiger partial charge in [-0.2, -0.15) is 0 Å². The van der Waals surface area contributed by atoms with Gasteiger partial charge in [0.15, 0.2) is 11.5 Å². The van der Waals surface area contributed by atoms with Gasteiger partial charge in [0.25, 0.3) is 0 Å². The van der Waals surface area contributed by atoms with E-state index in [9.17, 15) is 4.79 Å². The Morgan fingerprint density at radius 2 is 1.89 bits per heavy atom. The molecule has 0 fully saturated rings. The standard InChI is InChI=1S/C14H20N2O3/c1-4-15-14(17)16-6-5-10-7-12(18-2)13(19-3)8-11(10)9-16/h7-8H,4-6,9H2,1-3H3,(H,15,17). The van der Waals surface area contributed by atoms with E-state index in [1.54, 1.807) is 14.2 Å². The van der Waals surface area contributed by atoms with Gasteiger partial charge in [-0.15, -0.1) is 0 Å². The van der Waals surface area contributed by atoms with Crippen molar-refractivity contribution >= 4 is 6.03 Å². The van der Waals surface area contributed by atoms with Gasteiger partial charge in [-0.25, -0.2) is 4.79 Å². The average Bonchev–Trinajstić information content (AvgIpc) is 2.45. The minimum atomic E-state index is -0.0112. The number of carbonyl (C=O) groups is 1. The van der Waals surface area contributed by atoms with E-state index < -0.39 is 0 Å². The molecular weight excluding hydrogens is 244 g/mol. The zero-order valence-electron chi connectivity index (χ0n) is 11.7.